The van der Waals surface area contributed by atoms with E-state index in [0.717, 1.165) is 31.5 Å². The molecule has 1 amide bonds. The van der Waals surface area contributed by atoms with Crippen LogP contribution in [0.2, 0.25) is 0 Å². The summed E-state index contributed by atoms with van der Waals surface area (Å²) in [5.74, 6) is 2.44. The van der Waals surface area contributed by atoms with Gasteiger partial charge in [0.1, 0.15) is 0 Å². The Kier molecular flexibility index (Phi) is 3.60. The predicted octanol–water partition coefficient (Wildman–Crippen LogP) is 2.02. The largest absolute Gasteiger partial charge is 0.337 e. The minimum absolute atomic E-state index is 0.383. The molecule has 2 aliphatic carbocycles. The first-order valence-corrected chi connectivity index (χ1v) is 7.78. The van der Waals surface area contributed by atoms with Crippen molar-refractivity contribution in [1.29, 1.82) is 0 Å². The van der Waals surface area contributed by atoms with Crippen molar-refractivity contribution in [2.75, 3.05) is 19.6 Å². The minimum Gasteiger partial charge on any atom is -0.337 e. The summed E-state index contributed by atoms with van der Waals surface area (Å²) < 4.78 is 0. The summed E-state index contributed by atoms with van der Waals surface area (Å²) >= 11 is 0. The molecule has 3 heteroatoms. The molecule has 3 fully saturated rings. The summed E-state index contributed by atoms with van der Waals surface area (Å²) in [6.07, 6.45) is 8.14. The Morgan fingerprint density at radius 3 is 2.72 bits per heavy atom. The fourth-order valence-corrected chi connectivity index (χ4v) is 3.96. The molecule has 3 atom stereocenters. The molecule has 0 radical (unpaired) electrons. The van der Waals surface area contributed by atoms with Crippen LogP contribution < -0.4 is 5.32 Å². The fraction of sp³-hybridized carbons (Fsp3) is 0.933. The van der Waals surface area contributed by atoms with E-state index in [4.69, 9.17) is 0 Å². The van der Waals surface area contributed by atoms with E-state index < -0.39 is 0 Å². The summed E-state index contributed by atoms with van der Waals surface area (Å²) in [6.45, 7) is 5.01. The van der Waals surface area contributed by atoms with Crippen molar-refractivity contribution in [3.05, 3.63) is 0 Å². The second-order valence-corrected chi connectivity index (χ2v) is 6.49. The van der Waals surface area contributed by atoms with Gasteiger partial charge in [-0.1, -0.05) is 32.1 Å². The van der Waals surface area contributed by atoms with Crippen molar-refractivity contribution in [2.45, 2.75) is 51.5 Å². The third-order valence-corrected chi connectivity index (χ3v) is 5.20. The predicted molar refractivity (Wildman–Crippen MR) is 72.2 cm³/mol. The lowest BCUT2D eigenvalue weighted by molar-refractivity contribution is -0.135. The van der Waals surface area contributed by atoms with E-state index in [1.54, 1.807) is 0 Å². The SMILES string of the molecule is CC1CNCCN1C(=O)C1CC1C1CCCCC1. The summed E-state index contributed by atoms with van der Waals surface area (Å²) in [7, 11) is 0. The van der Waals surface area contributed by atoms with Crippen LogP contribution in [-0.2, 0) is 4.79 Å². The van der Waals surface area contributed by atoms with Crippen molar-refractivity contribution < 1.29 is 4.79 Å². The minimum atomic E-state index is 0.383. The van der Waals surface area contributed by atoms with Crippen LogP contribution in [0.3, 0.4) is 0 Å². The molecule has 3 unspecified atom stereocenters. The molecule has 0 aromatic rings. The van der Waals surface area contributed by atoms with Gasteiger partial charge in [-0.3, -0.25) is 4.79 Å². The Morgan fingerprint density at radius 2 is 2.00 bits per heavy atom. The Hall–Kier alpha value is -0.570. The molecule has 2 saturated carbocycles. The molecule has 1 aliphatic heterocycles. The van der Waals surface area contributed by atoms with Crippen LogP contribution in [0, 0.1) is 17.8 Å². The van der Waals surface area contributed by atoms with Gasteiger partial charge in [-0.2, -0.15) is 0 Å². The molecule has 1 heterocycles. The van der Waals surface area contributed by atoms with Gasteiger partial charge in [0.2, 0.25) is 5.91 Å². The zero-order chi connectivity index (χ0) is 12.5. The molecule has 3 nitrogen and oxygen atoms in total. The number of hydrogen-bond donors (Lipinski definition) is 1. The van der Waals surface area contributed by atoms with Crippen LogP contribution in [0.5, 0.6) is 0 Å². The zero-order valence-electron chi connectivity index (χ0n) is 11.5. The normalized spacial score (nSPS) is 37.6. The van der Waals surface area contributed by atoms with Gasteiger partial charge < -0.3 is 10.2 Å². The van der Waals surface area contributed by atoms with Gasteiger partial charge in [-0.15, -0.1) is 0 Å². The van der Waals surface area contributed by atoms with E-state index in [-0.39, 0.29) is 0 Å². The molecule has 1 saturated heterocycles. The monoisotopic (exact) mass is 250 g/mol. The van der Waals surface area contributed by atoms with Crippen LogP contribution in [0.1, 0.15) is 45.4 Å². The molecule has 0 aromatic carbocycles. The second-order valence-electron chi connectivity index (χ2n) is 6.49. The highest BCUT2D eigenvalue weighted by Gasteiger charge is 2.49. The highest BCUT2D eigenvalue weighted by molar-refractivity contribution is 5.82. The fourth-order valence-electron chi connectivity index (χ4n) is 3.96. The second kappa shape index (κ2) is 5.20. The van der Waals surface area contributed by atoms with E-state index in [9.17, 15) is 4.79 Å². The Labute approximate surface area is 110 Å². The number of rotatable bonds is 2. The summed E-state index contributed by atoms with van der Waals surface area (Å²) in [5, 5.41) is 3.36. The maximum absolute atomic E-state index is 12.5. The highest BCUT2D eigenvalue weighted by Crippen LogP contribution is 2.50. The van der Waals surface area contributed by atoms with E-state index >= 15 is 0 Å². The van der Waals surface area contributed by atoms with Gasteiger partial charge in [0.15, 0.2) is 0 Å². The number of carbonyl (C=O) groups is 1. The topological polar surface area (TPSA) is 32.3 Å². The highest BCUT2D eigenvalue weighted by atomic mass is 16.2. The number of carbonyl (C=O) groups excluding carboxylic acids is 1. The number of nitrogens with zero attached hydrogens (tertiary/aromatic N) is 1. The molecule has 0 spiro atoms. The van der Waals surface area contributed by atoms with E-state index in [1.165, 1.54) is 38.5 Å². The van der Waals surface area contributed by atoms with Gasteiger partial charge in [0.25, 0.3) is 0 Å². The molecule has 102 valence electrons. The molecule has 3 aliphatic rings. The molecular formula is C15H26N2O. The lowest BCUT2D eigenvalue weighted by Crippen LogP contribution is -2.52. The first kappa shape index (κ1) is 12.5. The van der Waals surface area contributed by atoms with Crippen LogP contribution in [0.4, 0.5) is 0 Å². The quantitative estimate of drug-likeness (QED) is 0.813. The van der Waals surface area contributed by atoms with Crippen LogP contribution >= 0.6 is 0 Å². The van der Waals surface area contributed by atoms with Crippen LogP contribution in [0.25, 0.3) is 0 Å². The van der Waals surface area contributed by atoms with Gasteiger partial charge in [-0.05, 0) is 25.2 Å². The van der Waals surface area contributed by atoms with Gasteiger partial charge in [0, 0.05) is 31.6 Å². The maximum atomic E-state index is 12.5. The molecule has 0 bridgehead atoms. The van der Waals surface area contributed by atoms with Gasteiger partial charge in [0.05, 0.1) is 0 Å². The summed E-state index contributed by atoms with van der Waals surface area (Å²) in [6, 6.07) is 0.388. The number of piperazine rings is 1. The lowest BCUT2D eigenvalue weighted by Gasteiger charge is -2.34. The first-order chi connectivity index (χ1) is 8.77. The molecule has 1 N–H and O–H groups in total. The summed E-state index contributed by atoms with van der Waals surface area (Å²) in [5.41, 5.74) is 0. The van der Waals surface area contributed by atoms with Gasteiger partial charge in [-0.25, -0.2) is 0 Å². The number of nitrogens with one attached hydrogen (secondary N) is 1. The standard InChI is InChI=1S/C15H26N2O/c1-11-10-16-7-8-17(11)15(18)14-9-13(14)12-5-3-2-4-6-12/h11-14,16H,2-10H2,1H3. The molecule has 18 heavy (non-hydrogen) atoms. The van der Waals surface area contributed by atoms with Crippen molar-refractivity contribution >= 4 is 5.91 Å². The summed E-state index contributed by atoms with van der Waals surface area (Å²) in [4.78, 5) is 14.7. The van der Waals surface area contributed by atoms with Gasteiger partial charge >= 0.3 is 0 Å². The van der Waals surface area contributed by atoms with Crippen molar-refractivity contribution in [2.24, 2.45) is 17.8 Å². The molecule has 3 rings (SSSR count). The first-order valence-electron chi connectivity index (χ1n) is 7.78. The smallest absolute Gasteiger partial charge is 0.226 e. The average Bonchev–Trinajstić information content (AvgIpc) is 3.20. The number of hydrogen-bond acceptors (Lipinski definition) is 2. The van der Waals surface area contributed by atoms with Crippen molar-refractivity contribution in [3.8, 4) is 0 Å². The Morgan fingerprint density at radius 1 is 1.22 bits per heavy atom. The lowest BCUT2D eigenvalue weighted by atomic mass is 9.85. The van der Waals surface area contributed by atoms with Crippen molar-refractivity contribution in [3.63, 3.8) is 0 Å². The molecular weight excluding hydrogens is 224 g/mol. The van der Waals surface area contributed by atoms with E-state index in [1.807, 2.05) is 0 Å². The molecule has 0 aromatic heterocycles. The Bertz CT molecular complexity index is 312. The maximum Gasteiger partial charge on any atom is 0.226 e. The van der Waals surface area contributed by atoms with E-state index in [0.29, 0.717) is 17.9 Å². The number of amides is 1. The third-order valence-electron chi connectivity index (χ3n) is 5.20. The third kappa shape index (κ3) is 2.42. The van der Waals surface area contributed by atoms with Crippen LogP contribution in [-0.4, -0.2) is 36.5 Å². The van der Waals surface area contributed by atoms with Crippen molar-refractivity contribution in [1.82, 2.24) is 10.2 Å². The zero-order valence-corrected chi connectivity index (χ0v) is 11.5. The Balaban J connectivity index is 1.54. The average molecular weight is 250 g/mol. The van der Waals surface area contributed by atoms with E-state index in [2.05, 4.69) is 17.1 Å². The van der Waals surface area contributed by atoms with Crippen LogP contribution in [0.15, 0.2) is 0 Å².